The van der Waals surface area contributed by atoms with Gasteiger partial charge in [-0.05, 0) is 47.1 Å². The second-order valence-electron chi connectivity index (χ2n) is 3.92. The predicted octanol–water partition coefficient (Wildman–Crippen LogP) is 5.33. The van der Waals surface area contributed by atoms with E-state index < -0.39 is 11.6 Å². The van der Waals surface area contributed by atoms with Gasteiger partial charge < -0.3 is 0 Å². The molecular formula is C14H11BrF2S. The third kappa shape index (κ3) is 3.12. The van der Waals surface area contributed by atoms with Gasteiger partial charge in [-0.3, -0.25) is 0 Å². The number of hydrogen-bond donors (Lipinski definition) is 0. The third-order valence-electron chi connectivity index (χ3n) is 2.54. The van der Waals surface area contributed by atoms with E-state index in [0.717, 1.165) is 4.90 Å². The Hall–Kier alpha value is -0.870. The Balaban J connectivity index is 2.15. The van der Waals surface area contributed by atoms with Gasteiger partial charge in [0, 0.05) is 16.2 Å². The zero-order valence-electron chi connectivity index (χ0n) is 9.71. The molecule has 0 unspecified atom stereocenters. The summed E-state index contributed by atoms with van der Waals surface area (Å²) in [4.78, 5) is 0.999. The molecule has 0 saturated heterocycles. The van der Waals surface area contributed by atoms with Crippen molar-refractivity contribution >= 4 is 27.7 Å². The Kier molecular flexibility index (Phi) is 4.40. The lowest BCUT2D eigenvalue weighted by Crippen LogP contribution is -1.94. The van der Waals surface area contributed by atoms with E-state index in [4.69, 9.17) is 0 Å². The molecule has 0 aliphatic heterocycles. The quantitative estimate of drug-likeness (QED) is 0.542. The molecule has 94 valence electrons. The third-order valence-corrected chi connectivity index (χ3v) is 4.19. The standard InChI is InChI=1S/C14H11BrF2S/c1-9-2-4-10(5-3-9)18-8-11-13(16)7-6-12(15)14(11)17/h2-7H,8H2,1H3. The van der Waals surface area contributed by atoms with Crippen LogP contribution in [0.2, 0.25) is 0 Å². The van der Waals surface area contributed by atoms with Gasteiger partial charge in [-0.1, -0.05) is 17.7 Å². The van der Waals surface area contributed by atoms with Gasteiger partial charge in [-0.25, -0.2) is 8.78 Å². The Morgan fingerprint density at radius 1 is 1.06 bits per heavy atom. The van der Waals surface area contributed by atoms with Crippen molar-refractivity contribution in [1.82, 2.24) is 0 Å². The van der Waals surface area contributed by atoms with Crippen LogP contribution < -0.4 is 0 Å². The van der Waals surface area contributed by atoms with Gasteiger partial charge in [0.1, 0.15) is 11.6 Å². The Morgan fingerprint density at radius 3 is 2.39 bits per heavy atom. The number of halogens is 3. The first-order valence-electron chi connectivity index (χ1n) is 5.40. The van der Waals surface area contributed by atoms with E-state index in [2.05, 4.69) is 15.9 Å². The molecule has 2 rings (SSSR count). The fourth-order valence-electron chi connectivity index (χ4n) is 1.49. The van der Waals surface area contributed by atoms with Gasteiger partial charge in [-0.2, -0.15) is 0 Å². The molecule has 0 heterocycles. The maximum Gasteiger partial charge on any atom is 0.144 e. The highest BCUT2D eigenvalue weighted by molar-refractivity contribution is 9.10. The normalized spacial score (nSPS) is 10.7. The molecule has 0 atom stereocenters. The summed E-state index contributed by atoms with van der Waals surface area (Å²) in [5.41, 5.74) is 1.27. The molecule has 0 spiro atoms. The molecule has 0 N–H and O–H groups in total. The Morgan fingerprint density at radius 2 is 1.72 bits per heavy atom. The van der Waals surface area contributed by atoms with Crippen molar-refractivity contribution in [3.8, 4) is 0 Å². The molecule has 0 aliphatic rings. The van der Waals surface area contributed by atoms with Crippen LogP contribution in [-0.4, -0.2) is 0 Å². The van der Waals surface area contributed by atoms with Crippen molar-refractivity contribution in [2.45, 2.75) is 17.6 Å². The van der Waals surface area contributed by atoms with E-state index in [9.17, 15) is 8.78 Å². The van der Waals surface area contributed by atoms with Crippen molar-refractivity contribution in [3.05, 3.63) is 63.6 Å². The summed E-state index contributed by atoms with van der Waals surface area (Å²) in [6, 6.07) is 10.5. The number of benzene rings is 2. The zero-order valence-corrected chi connectivity index (χ0v) is 12.1. The first-order valence-corrected chi connectivity index (χ1v) is 7.17. The molecule has 0 saturated carbocycles. The number of hydrogen-bond acceptors (Lipinski definition) is 1. The van der Waals surface area contributed by atoms with Crippen LogP contribution in [0, 0.1) is 18.6 Å². The summed E-state index contributed by atoms with van der Waals surface area (Å²) in [7, 11) is 0. The van der Waals surface area contributed by atoms with Crippen molar-refractivity contribution in [3.63, 3.8) is 0 Å². The number of aryl methyl sites for hydroxylation is 1. The van der Waals surface area contributed by atoms with E-state index in [1.165, 1.54) is 29.5 Å². The van der Waals surface area contributed by atoms with Crippen LogP contribution in [0.1, 0.15) is 11.1 Å². The van der Waals surface area contributed by atoms with E-state index in [0.29, 0.717) is 4.47 Å². The van der Waals surface area contributed by atoms with Crippen LogP contribution in [0.4, 0.5) is 8.78 Å². The molecule has 0 bridgehead atoms. The molecule has 0 fully saturated rings. The minimum atomic E-state index is -0.519. The second-order valence-corrected chi connectivity index (χ2v) is 5.83. The highest BCUT2D eigenvalue weighted by Crippen LogP contribution is 2.28. The van der Waals surface area contributed by atoms with E-state index in [-0.39, 0.29) is 11.3 Å². The summed E-state index contributed by atoms with van der Waals surface area (Å²) < 4.78 is 27.5. The topological polar surface area (TPSA) is 0 Å². The van der Waals surface area contributed by atoms with Crippen LogP contribution in [0.3, 0.4) is 0 Å². The fourth-order valence-corrected chi connectivity index (χ4v) is 2.77. The first-order chi connectivity index (χ1) is 8.58. The van der Waals surface area contributed by atoms with Gasteiger partial charge in [0.05, 0.1) is 4.47 Å². The SMILES string of the molecule is Cc1ccc(SCc2c(F)ccc(Br)c2F)cc1. The summed E-state index contributed by atoms with van der Waals surface area (Å²) >= 11 is 4.48. The average molecular weight is 329 g/mol. The lowest BCUT2D eigenvalue weighted by molar-refractivity contribution is 0.562. The van der Waals surface area contributed by atoms with Gasteiger partial charge >= 0.3 is 0 Å². The highest BCUT2D eigenvalue weighted by atomic mass is 79.9. The molecule has 2 aromatic rings. The van der Waals surface area contributed by atoms with Crippen molar-refractivity contribution in [1.29, 1.82) is 0 Å². The molecule has 0 aromatic heterocycles. The number of rotatable bonds is 3. The van der Waals surface area contributed by atoms with Crippen LogP contribution in [0.25, 0.3) is 0 Å². The molecule has 0 radical (unpaired) electrons. The minimum absolute atomic E-state index is 0.106. The molecular weight excluding hydrogens is 318 g/mol. The Bertz CT molecular complexity index is 552. The molecule has 4 heteroatoms. The smallest absolute Gasteiger partial charge is 0.144 e. The van der Waals surface area contributed by atoms with E-state index >= 15 is 0 Å². The van der Waals surface area contributed by atoms with Gasteiger partial charge in [0.25, 0.3) is 0 Å². The minimum Gasteiger partial charge on any atom is -0.207 e. The van der Waals surface area contributed by atoms with Gasteiger partial charge in [0.2, 0.25) is 0 Å². The van der Waals surface area contributed by atoms with Gasteiger partial charge in [0.15, 0.2) is 0 Å². The summed E-state index contributed by atoms with van der Waals surface area (Å²) in [6.45, 7) is 2.00. The summed E-state index contributed by atoms with van der Waals surface area (Å²) in [5.74, 6) is -0.745. The van der Waals surface area contributed by atoms with Crippen LogP contribution in [-0.2, 0) is 5.75 Å². The fraction of sp³-hybridized carbons (Fsp3) is 0.143. The van der Waals surface area contributed by atoms with Crippen molar-refractivity contribution in [2.24, 2.45) is 0 Å². The first kappa shape index (κ1) is 13.6. The maximum absolute atomic E-state index is 13.7. The highest BCUT2D eigenvalue weighted by Gasteiger charge is 2.12. The molecule has 0 amide bonds. The average Bonchev–Trinajstić information content (AvgIpc) is 2.36. The largest absolute Gasteiger partial charge is 0.207 e. The molecule has 18 heavy (non-hydrogen) atoms. The van der Waals surface area contributed by atoms with Crippen molar-refractivity contribution in [2.75, 3.05) is 0 Å². The molecule has 0 nitrogen and oxygen atoms in total. The predicted molar refractivity (Wildman–Crippen MR) is 74.8 cm³/mol. The second kappa shape index (κ2) is 5.85. The van der Waals surface area contributed by atoms with Crippen molar-refractivity contribution < 1.29 is 8.78 Å². The maximum atomic E-state index is 13.7. The zero-order chi connectivity index (χ0) is 13.1. The molecule has 2 aromatic carbocycles. The van der Waals surface area contributed by atoms with Crippen LogP contribution in [0.5, 0.6) is 0 Å². The lowest BCUT2D eigenvalue weighted by atomic mass is 10.2. The Labute approximate surface area is 118 Å². The molecule has 0 aliphatic carbocycles. The van der Waals surface area contributed by atoms with Crippen LogP contribution in [0.15, 0.2) is 45.8 Å². The summed E-state index contributed by atoms with van der Waals surface area (Å²) in [6.07, 6.45) is 0. The van der Waals surface area contributed by atoms with E-state index in [1.54, 1.807) is 0 Å². The lowest BCUT2D eigenvalue weighted by Gasteiger charge is -2.06. The van der Waals surface area contributed by atoms with E-state index in [1.807, 2.05) is 31.2 Å². The van der Waals surface area contributed by atoms with Crippen LogP contribution >= 0.6 is 27.7 Å². The van der Waals surface area contributed by atoms with Gasteiger partial charge in [-0.15, -0.1) is 11.8 Å². The number of thioether (sulfide) groups is 1. The monoisotopic (exact) mass is 328 g/mol. The summed E-state index contributed by atoms with van der Waals surface area (Å²) in [5, 5.41) is 0.